The quantitative estimate of drug-likeness (QED) is 0.865. The van der Waals surface area contributed by atoms with Crippen LogP contribution in [-0.4, -0.2) is 25.0 Å². The number of para-hydroxylation sites is 2. The largest absolute Gasteiger partial charge is 0.482 e. The maximum atomic E-state index is 12.5. The molecule has 0 saturated carbocycles. The van der Waals surface area contributed by atoms with Crippen molar-refractivity contribution in [3.63, 3.8) is 0 Å². The third kappa shape index (κ3) is 3.88. The van der Waals surface area contributed by atoms with Crippen LogP contribution in [0.2, 0.25) is 0 Å². The van der Waals surface area contributed by atoms with Crippen LogP contribution in [0.15, 0.2) is 42.5 Å². The highest BCUT2D eigenvalue weighted by molar-refractivity contribution is 5.98. The van der Waals surface area contributed by atoms with Gasteiger partial charge in [-0.25, -0.2) is 0 Å². The van der Waals surface area contributed by atoms with Gasteiger partial charge in [0.2, 0.25) is 5.91 Å². The molecule has 0 radical (unpaired) electrons. The SMILES string of the molecule is C[C@@H](NC(=O)CCN1C(=O)COc2ccccc21)c1ccc2c(c1)CCCC2. The number of nitrogens with one attached hydrogen (secondary N) is 1. The summed E-state index contributed by atoms with van der Waals surface area (Å²) in [5.74, 6) is 0.515. The van der Waals surface area contributed by atoms with E-state index in [4.69, 9.17) is 4.74 Å². The van der Waals surface area contributed by atoms with Crippen LogP contribution in [-0.2, 0) is 22.4 Å². The molecule has 5 heteroatoms. The Kier molecular flexibility index (Phi) is 5.33. The van der Waals surface area contributed by atoms with Crippen molar-refractivity contribution in [1.82, 2.24) is 5.32 Å². The van der Waals surface area contributed by atoms with Crippen molar-refractivity contribution in [3.8, 4) is 5.75 Å². The van der Waals surface area contributed by atoms with Gasteiger partial charge in [0.05, 0.1) is 11.7 Å². The molecule has 2 amide bonds. The number of nitrogens with zero attached hydrogens (tertiary/aromatic N) is 1. The zero-order valence-electron chi connectivity index (χ0n) is 16.2. The van der Waals surface area contributed by atoms with Gasteiger partial charge in [-0.3, -0.25) is 9.59 Å². The van der Waals surface area contributed by atoms with Crippen molar-refractivity contribution in [2.24, 2.45) is 0 Å². The van der Waals surface area contributed by atoms with E-state index in [1.54, 1.807) is 4.90 Å². The molecule has 0 saturated heterocycles. The van der Waals surface area contributed by atoms with Gasteiger partial charge in [-0.15, -0.1) is 0 Å². The summed E-state index contributed by atoms with van der Waals surface area (Å²) in [6.45, 7) is 2.38. The van der Waals surface area contributed by atoms with E-state index in [-0.39, 0.29) is 30.9 Å². The van der Waals surface area contributed by atoms with Gasteiger partial charge in [0.15, 0.2) is 6.61 Å². The van der Waals surface area contributed by atoms with E-state index in [1.165, 1.54) is 24.0 Å². The summed E-state index contributed by atoms with van der Waals surface area (Å²) in [5.41, 5.74) is 4.73. The second-order valence-corrected chi connectivity index (χ2v) is 7.58. The van der Waals surface area contributed by atoms with Gasteiger partial charge in [0.25, 0.3) is 5.91 Å². The molecule has 1 aliphatic heterocycles. The first-order chi connectivity index (χ1) is 13.6. The molecule has 5 nitrogen and oxygen atoms in total. The van der Waals surface area contributed by atoms with Gasteiger partial charge in [0, 0.05) is 13.0 Å². The number of amides is 2. The maximum Gasteiger partial charge on any atom is 0.265 e. The Morgan fingerprint density at radius 3 is 2.79 bits per heavy atom. The third-order valence-electron chi connectivity index (χ3n) is 5.62. The van der Waals surface area contributed by atoms with Crippen molar-refractivity contribution in [2.45, 2.75) is 45.1 Å². The van der Waals surface area contributed by atoms with E-state index < -0.39 is 0 Å². The van der Waals surface area contributed by atoms with Gasteiger partial charge in [-0.2, -0.15) is 0 Å². The molecule has 1 N–H and O–H groups in total. The van der Waals surface area contributed by atoms with Crippen LogP contribution in [0, 0.1) is 0 Å². The molecule has 4 rings (SSSR count). The predicted molar refractivity (Wildman–Crippen MR) is 109 cm³/mol. The summed E-state index contributed by atoms with van der Waals surface area (Å²) in [6, 6.07) is 13.9. The van der Waals surface area contributed by atoms with Crippen LogP contribution in [0.25, 0.3) is 0 Å². The molecule has 0 unspecified atom stereocenters. The Morgan fingerprint density at radius 2 is 1.93 bits per heavy atom. The standard InChI is InChI=1S/C23H26N2O3/c1-16(18-11-10-17-6-2-3-7-19(17)14-18)24-22(26)12-13-25-20-8-4-5-9-21(20)28-15-23(25)27/h4-5,8-11,14,16H,2-3,6-7,12-13,15H2,1H3,(H,24,26)/t16-/m1/s1. The Balaban J connectivity index is 1.36. The topological polar surface area (TPSA) is 58.6 Å². The fourth-order valence-electron chi connectivity index (χ4n) is 4.03. The minimum absolute atomic E-state index is 0.0180. The molecule has 2 aromatic carbocycles. The van der Waals surface area contributed by atoms with Crippen molar-refractivity contribution in [3.05, 3.63) is 59.2 Å². The molecule has 0 bridgehead atoms. The van der Waals surface area contributed by atoms with Crippen LogP contribution in [0.4, 0.5) is 5.69 Å². The first-order valence-electron chi connectivity index (χ1n) is 10.0. The molecule has 1 atom stereocenters. The Labute approximate surface area is 165 Å². The lowest BCUT2D eigenvalue weighted by atomic mass is 9.89. The molecular weight excluding hydrogens is 352 g/mol. The summed E-state index contributed by atoms with van der Waals surface area (Å²) in [7, 11) is 0. The molecule has 2 aliphatic rings. The molecule has 2 aromatic rings. The summed E-state index contributed by atoms with van der Waals surface area (Å²) < 4.78 is 5.45. The molecule has 1 aliphatic carbocycles. The number of carbonyl (C=O) groups excluding carboxylic acids is 2. The van der Waals surface area contributed by atoms with Gasteiger partial charge >= 0.3 is 0 Å². The van der Waals surface area contributed by atoms with E-state index in [0.717, 1.165) is 24.1 Å². The van der Waals surface area contributed by atoms with Crippen LogP contribution >= 0.6 is 0 Å². The Hall–Kier alpha value is -2.82. The van der Waals surface area contributed by atoms with Crippen LogP contribution in [0.5, 0.6) is 5.75 Å². The number of rotatable bonds is 5. The number of hydrogen-bond donors (Lipinski definition) is 1. The summed E-state index contributed by atoms with van der Waals surface area (Å²) in [6.07, 6.45) is 5.05. The number of aryl methyl sites for hydroxylation is 2. The first kappa shape index (κ1) is 18.5. The van der Waals surface area contributed by atoms with Gasteiger partial charge < -0.3 is 15.0 Å². The normalized spacial score (nSPS) is 16.6. The monoisotopic (exact) mass is 378 g/mol. The Bertz CT molecular complexity index is 893. The van der Waals surface area contributed by atoms with Gasteiger partial charge in [-0.1, -0.05) is 30.3 Å². The highest BCUT2D eigenvalue weighted by atomic mass is 16.5. The fourth-order valence-corrected chi connectivity index (χ4v) is 4.03. The van der Waals surface area contributed by atoms with Crippen LogP contribution in [0.3, 0.4) is 0 Å². The van der Waals surface area contributed by atoms with Crippen molar-refractivity contribution in [1.29, 1.82) is 0 Å². The van der Waals surface area contributed by atoms with Crippen molar-refractivity contribution >= 4 is 17.5 Å². The fraction of sp³-hybridized carbons (Fsp3) is 0.391. The summed E-state index contributed by atoms with van der Waals surface area (Å²) >= 11 is 0. The zero-order chi connectivity index (χ0) is 19.5. The molecule has 28 heavy (non-hydrogen) atoms. The number of carbonyl (C=O) groups is 2. The lowest BCUT2D eigenvalue weighted by molar-refractivity contribution is -0.122. The third-order valence-corrected chi connectivity index (χ3v) is 5.62. The van der Waals surface area contributed by atoms with E-state index in [1.807, 2.05) is 31.2 Å². The van der Waals surface area contributed by atoms with E-state index in [2.05, 4.69) is 23.5 Å². The molecule has 0 fully saturated rings. The number of ether oxygens (including phenoxy) is 1. The summed E-state index contributed by atoms with van der Waals surface area (Å²) in [5, 5.41) is 3.07. The van der Waals surface area contributed by atoms with E-state index >= 15 is 0 Å². The number of fused-ring (bicyclic) bond motifs is 2. The second kappa shape index (κ2) is 8.05. The predicted octanol–water partition coefficient (Wildman–Crippen LogP) is 3.56. The molecule has 1 heterocycles. The highest BCUT2D eigenvalue weighted by Crippen LogP contribution is 2.31. The maximum absolute atomic E-state index is 12.5. The highest BCUT2D eigenvalue weighted by Gasteiger charge is 2.25. The lowest BCUT2D eigenvalue weighted by Crippen LogP contribution is -2.41. The average Bonchev–Trinajstić information content (AvgIpc) is 2.72. The average molecular weight is 378 g/mol. The minimum Gasteiger partial charge on any atom is -0.482 e. The van der Waals surface area contributed by atoms with Crippen LogP contribution < -0.4 is 15.0 Å². The molecular formula is C23H26N2O3. The van der Waals surface area contributed by atoms with Crippen molar-refractivity contribution < 1.29 is 14.3 Å². The Morgan fingerprint density at radius 1 is 1.14 bits per heavy atom. The van der Waals surface area contributed by atoms with Crippen LogP contribution in [0.1, 0.15) is 48.9 Å². The minimum atomic E-state index is -0.116. The first-order valence-corrected chi connectivity index (χ1v) is 10.0. The van der Waals surface area contributed by atoms with E-state index in [9.17, 15) is 9.59 Å². The molecule has 0 aromatic heterocycles. The van der Waals surface area contributed by atoms with Gasteiger partial charge in [0.1, 0.15) is 5.75 Å². The number of hydrogen-bond acceptors (Lipinski definition) is 3. The number of anilines is 1. The van der Waals surface area contributed by atoms with Gasteiger partial charge in [-0.05, 0) is 61.4 Å². The van der Waals surface area contributed by atoms with Crippen molar-refractivity contribution in [2.75, 3.05) is 18.1 Å². The molecule has 0 spiro atoms. The number of benzene rings is 2. The lowest BCUT2D eigenvalue weighted by Gasteiger charge is -2.29. The molecule has 146 valence electrons. The zero-order valence-corrected chi connectivity index (χ0v) is 16.2. The smallest absolute Gasteiger partial charge is 0.265 e. The second-order valence-electron chi connectivity index (χ2n) is 7.58. The van der Waals surface area contributed by atoms with E-state index in [0.29, 0.717) is 12.3 Å². The summed E-state index contributed by atoms with van der Waals surface area (Å²) in [4.78, 5) is 26.4.